The van der Waals surface area contributed by atoms with Crippen molar-refractivity contribution < 1.29 is 18.0 Å². The standard InChI is InChI=1S/C19H22F3N3OS/c1-11-4-5-13-14(10-27-16(13)7-11)18(26)25-6-2-3-12(9-25)15-8-17(24-23-15)19(20,21)22/h8,10-12H,2-7,9H2,1H3,(H,23,24)/t11-,12-/m1/s1. The van der Waals surface area contributed by atoms with Crippen molar-refractivity contribution >= 4 is 17.2 Å². The van der Waals surface area contributed by atoms with Gasteiger partial charge in [-0.15, -0.1) is 11.3 Å². The van der Waals surface area contributed by atoms with Gasteiger partial charge in [0.25, 0.3) is 5.91 Å². The molecule has 2 aliphatic rings. The van der Waals surface area contributed by atoms with Crippen LogP contribution in [0.4, 0.5) is 13.2 Å². The van der Waals surface area contributed by atoms with E-state index in [9.17, 15) is 18.0 Å². The van der Waals surface area contributed by atoms with Crippen LogP contribution in [0.2, 0.25) is 0 Å². The van der Waals surface area contributed by atoms with Gasteiger partial charge in [0.1, 0.15) is 0 Å². The summed E-state index contributed by atoms with van der Waals surface area (Å²) in [4.78, 5) is 16.2. The Hall–Kier alpha value is -1.83. The Kier molecular flexibility index (Phi) is 4.78. The van der Waals surface area contributed by atoms with Gasteiger partial charge in [-0.2, -0.15) is 18.3 Å². The number of nitrogens with one attached hydrogen (secondary N) is 1. The van der Waals surface area contributed by atoms with Gasteiger partial charge in [0.15, 0.2) is 5.69 Å². The van der Waals surface area contributed by atoms with Crippen molar-refractivity contribution in [2.45, 2.75) is 51.1 Å². The van der Waals surface area contributed by atoms with Crippen molar-refractivity contribution in [3.05, 3.63) is 38.8 Å². The number of halogens is 3. The maximum Gasteiger partial charge on any atom is 0.435 e. The number of aromatic amines is 1. The second kappa shape index (κ2) is 6.96. The molecule has 1 aliphatic carbocycles. The second-order valence-corrected chi connectivity index (χ2v) is 8.66. The zero-order valence-electron chi connectivity index (χ0n) is 15.1. The van der Waals surface area contributed by atoms with Crippen molar-refractivity contribution in [3.63, 3.8) is 0 Å². The molecule has 1 fully saturated rings. The first-order valence-corrected chi connectivity index (χ1v) is 10.2. The molecule has 4 rings (SSSR count). The van der Waals surface area contributed by atoms with Crippen LogP contribution in [0, 0.1) is 5.92 Å². The van der Waals surface area contributed by atoms with Crippen LogP contribution in [0.1, 0.15) is 64.3 Å². The van der Waals surface area contributed by atoms with Gasteiger partial charge in [0.2, 0.25) is 0 Å². The summed E-state index contributed by atoms with van der Waals surface area (Å²) in [5.74, 6) is 0.532. The summed E-state index contributed by atoms with van der Waals surface area (Å²) in [6.07, 6.45) is 0.146. The van der Waals surface area contributed by atoms with Crippen LogP contribution in [0.15, 0.2) is 11.4 Å². The molecule has 8 heteroatoms. The Morgan fingerprint density at radius 2 is 2.19 bits per heavy atom. The lowest BCUT2D eigenvalue weighted by Crippen LogP contribution is -2.39. The maximum absolute atomic E-state index is 13.1. The van der Waals surface area contributed by atoms with E-state index in [4.69, 9.17) is 0 Å². The third-order valence-corrected chi connectivity index (χ3v) is 6.72. The summed E-state index contributed by atoms with van der Waals surface area (Å²) < 4.78 is 38.4. The SMILES string of the molecule is C[C@@H]1CCc2c(C(=O)N3CCC[C@@H](c4cc(C(F)(F)F)n[nH]4)C3)csc2C1. The molecule has 0 saturated carbocycles. The summed E-state index contributed by atoms with van der Waals surface area (Å²) >= 11 is 1.66. The zero-order valence-corrected chi connectivity index (χ0v) is 15.9. The number of thiophene rings is 1. The Morgan fingerprint density at radius 3 is 2.93 bits per heavy atom. The van der Waals surface area contributed by atoms with Gasteiger partial charge in [-0.3, -0.25) is 9.89 Å². The molecule has 27 heavy (non-hydrogen) atoms. The first-order chi connectivity index (χ1) is 12.8. The molecule has 0 radical (unpaired) electrons. The van der Waals surface area contributed by atoms with E-state index >= 15 is 0 Å². The van der Waals surface area contributed by atoms with E-state index in [0.717, 1.165) is 43.7 Å². The minimum atomic E-state index is -4.45. The van der Waals surface area contributed by atoms with Crippen molar-refractivity contribution in [2.24, 2.45) is 5.92 Å². The molecule has 1 amide bonds. The molecular formula is C19H22F3N3OS. The fraction of sp³-hybridized carbons (Fsp3) is 0.579. The lowest BCUT2D eigenvalue weighted by atomic mass is 9.88. The number of likely N-dealkylation sites (tertiary alicyclic amines) is 1. The van der Waals surface area contributed by atoms with Gasteiger partial charge < -0.3 is 4.90 Å². The maximum atomic E-state index is 13.1. The third kappa shape index (κ3) is 3.63. The van der Waals surface area contributed by atoms with Gasteiger partial charge >= 0.3 is 6.18 Å². The molecule has 1 aliphatic heterocycles. The molecule has 3 heterocycles. The van der Waals surface area contributed by atoms with Gasteiger partial charge in [0, 0.05) is 35.0 Å². The highest BCUT2D eigenvalue weighted by Crippen LogP contribution is 2.35. The normalized spacial score (nSPS) is 23.3. The predicted molar refractivity (Wildman–Crippen MR) is 97.0 cm³/mol. The molecule has 0 spiro atoms. The number of hydrogen-bond donors (Lipinski definition) is 1. The van der Waals surface area contributed by atoms with E-state index in [1.54, 1.807) is 16.2 Å². The first-order valence-electron chi connectivity index (χ1n) is 9.34. The molecule has 146 valence electrons. The lowest BCUT2D eigenvalue weighted by Gasteiger charge is -2.32. The van der Waals surface area contributed by atoms with E-state index in [0.29, 0.717) is 24.7 Å². The molecule has 1 N–H and O–H groups in total. The van der Waals surface area contributed by atoms with Crippen LogP contribution in [0.3, 0.4) is 0 Å². The number of hydrogen-bond acceptors (Lipinski definition) is 3. The van der Waals surface area contributed by atoms with E-state index in [1.165, 1.54) is 10.4 Å². The molecule has 2 aromatic rings. The minimum absolute atomic E-state index is 0.0160. The third-order valence-electron chi connectivity index (χ3n) is 5.67. The Balaban J connectivity index is 1.50. The summed E-state index contributed by atoms with van der Waals surface area (Å²) in [6, 6.07) is 1.08. The Labute approximate surface area is 159 Å². The number of amides is 1. The second-order valence-electron chi connectivity index (χ2n) is 7.70. The van der Waals surface area contributed by atoms with Crippen LogP contribution in [-0.2, 0) is 19.0 Å². The lowest BCUT2D eigenvalue weighted by molar-refractivity contribution is -0.141. The number of nitrogens with zero attached hydrogens (tertiary/aromatic N) is 2. The van der Waals surface area contributed by atoms with Crippen molar-refractivity contribution in [1.82, 2.24) is 15.1 Å². The molecule has 0 unspecified atom stereocenters. The van der Waals surface area contributed by atoms with Crippen LogP contribution in [0.25, 0.3) is 0 Å². The highest BCUT2D eigenvalue weighted by Gasteiger charge is 2.36. The Morgan fingerprint density at radius 1 is 1.37 bits per heavy atom. The van der Waals surface area contributed by atoms with Gasteiger partial charge in [-0.1, -0.05) is 6.92 Å². The first kappa shape index (κ1) is 18.5. The monoisotopic (exact) mass is 397 g/mol. The number of H-pyrrole nitrogens is 1. The number of aromatic nitrogens is 2. The topological polar surface area (TPSA) is 49.0 Å². The highest BCUT2D eigenvalue weighted by molar-refractivity contribution is 7.10. The summed E-state index contributed by atoms with van der Waals surface area (Å²) in [5, 5.41) is 7.89. The smallest absolute Gasteiger partial charge is 0.338 e. The highest BCUT2D eigenvalue weighted by atomic mass is 32.1. The number of alkyl halides is 3. The van der Waals surface area contributed by atoms with E-state index in [-0.39, 0.29) is 11.8 Å². The van der Waals surface area contributed by atoms with Crippen molar-refractivity contribution in [3.8, 4) is 0 Å². The zero-order chi connectivity index (χ0) is 19.2. The molecular weight excluding hydrogens is 375 g/mol. The summed E-state index contributed by atoms with van der Waals surface area (Å²) in [6.45, 7) is 3.31. The average Bonchev–Trinajstić information content (AvgIpc) is 3.28. The van der Waals surface area contributed by atoms with Crippen LogP contribution < -0.4 is 0 Å². The molecule has 2 aromatic heterocycles. The number of carbonyl (C=O) groups excluding carboxylic acids is 1. The fourth-order valence-corrected chi connectivity index (χ4v) is 5.37. The van der Waals surface area contributed by atoms with Crippen LogP contribution in [-0.4, -0.2) is 34.1 Å². The number of piperidine rings is 1. The van der Waals surface area contributed by atoms with Gasteiger partial charge in [-0.05, 0) is 49.7 Å². The molecule has 0 bridgehead atoms. The van der Waals surface area contributed by atoms with Gasteiger partial charge in [0.05, 0.1) is 5.56 Å². The Bertz CT molecular complexity index is 842. The largest absolute Gasteiger partial charge is 0.435 e. The quantitative estimate of drug-likeness (QED) is 0.803. The average molecular weight is 397 g/mol. The predicted octanol–water partition coefficient (Wildman–Crippen LogP) is 4.63. The number of fused-ring (bicyclic) bond motifs is 1. The molecule has 1 saturated heterocycles. The fourth-order valence-electron chi connectivity index (χ4n) is 4.13. The van der Waals surface area contributed by atoms with E-state index in [1.807, 2.05) is 5.38 Å². The van der Waals surface area contributed by atoms with E-state index < -0.39 is 11.9 Å². The van der Waals surface area contributed by atoms with E-state index in [2.05, 4.69) is 17.1 Å². The van der Waals surface area contributed by atoms with Gasteiger partial charge in [-0.25, -0.2) is 0 Å². The van der Waals surface area contributed by atoms with Crippen molar-refractivity contribution in [1.29, 1.82) is 0 Å². The van der Waals surface area contributed by atoms with Crippen LogP contribution >= 0.6 is 11.3 Å². The number of carbonyl (C=O) groups is 1. The molecule has 4 nitrogen and oxygen atoms in total. The minimum Gasteiger partial charge on any atom is -0.338 e. The molecule has 0 aromatic carbocycles. The van der Waals surface area contributed by atoms with Crippen molar-refractivity contribution in [2.75, 3.05) is 13.1 Å². The molecule has 2 atom stereocenters. The number of rotatable bonds is 2. The van der Waals surface area contributed by atoms with Crippen LogP contribution in [0.5, 0.6) is 0 Å². The summed E-state index contributed by atoms with van der Waals surface area (Å²) in [5.41, 5.74) is 1.54. The summed E-state index contributed by atoms with van der Waals surface area (Å²) in [7, 11) is 0.